The van der Waals surface area contributed by atoms with Crippen molar-refractivity contribution in [2.75, 3.05) is 0 Å². The van der Waals surface area contributed by atoms with Crippen LogP contribution < -0.4 is 0 Å². The predicted octanol–water partition coefficient (Wildman–Crippen LogP) is 8.39. The van der Waals surface area contributed by atoms with Crippen LogP contribution in [0.5, 0.6) is 0 Å². The standard InChI is InChI=1S/C33H32O2.H2/c34-32(25-16-17-25)26-18-19-27-29(20-26)30(33(35)24-14-8-3-9-15-24)21-28(22-10-4-1-5-11-22)31(27)23-12-6-2-7-13-23;/h1,3-5,8-11,14-15,18-20,23,25,30H,2,6-7,12-13,16-17,21H2;1H. The van der Waals surface area contributed by atoms with Crippen LogP contribution in [0.15, 0.2) is 78.9 Å². The molecule has 3 aromatic rings. The summed E-state index contributed by atoms with van der Waals surface area (Å²) in [4.78, 5) is 27.0. The summed E-state index contributed by atoms with van der Waals surface area (Å²) in [5.74, 6) is 0.806. The smallest absolute Gasteiger partial charge is 0.170 e. The highest BCUT2D eigenvalue weighted by atomic mass is 16.1. The first-order chi connectivity index (χ1) is 17.2. The van der Waals surface area contributed by atoms with Gasteiger partial charge in [-0.2, -0.15) is 0 Å². The van der Waals surface area contributed by atoms with Crippen molar-refractivity contribution in [3.63, 3.8) is 0 Å². The molecule has 0 radical (unpaired) electrons. The Morgan fingerprint density at radius 3 is 2.06 bits per heavy atom. The predicted molar refractivity (Wildman–Crippen MR) is 144 cm³/mol. The highest BCUT2D eigenvalue weighted by Gasteiger charge is 2.37. The van der Waals surface area contributed by atoms with Crippen molar-refractivity contribution >= 4 is 22.7 Å². The molecule has 2 fully saturated rings. The molecule has 1 unspecified atom stereocenters. The number of Topliss-reactive ketones (excluding diaryl/α,β-unsaturated/α-hetero) is 2. The van der Waals surface area contributed by atoms with Crippen molar-refractivity contribution in [2.45, 2.75) is 57.3 Å². The molecule has 0 spiro atoms. The summed E-state index contributed by atoms with van der Waals surface area (Å²) in [6, 6.07) is 26.6. The first-order valence-corrected chi connectivity index (χ1v) is 13.3. The Morgan fingerprint density at radius 1 is 0.686 bits per heavy atom. The van der Waals surface area contributed by atoms with E-state index in [0.29, 0.717) is 12.3 Å². The van der Waals surface area contributed by atoms with Gasteiger partial charge in [0.05, 0.1) is 5.92 Å². The molecule has 3 aromatic carbocycles. The van der Waals surface area contributed by atoms with Gasteiger partial charge < -0.3 is 0 Å². The van der Waals surface area contributed by atoms with Crippen molar-refractivity contribution in [2.24, 2.45) is 11.8 Å². The maximum Gasteiger partial charge on any atom is 0.170 e. The molecule has 0 bridgehead atoms. The molecule has 0 N–H and O–H groups in total. The van der Waals surface area contributed by atoms with E-state index in [1.54, 1.807) is 0 Å². The van der Waals surface area contributed by atoms with Crippen molar-refractivity contribution in [3.8, 4) is 0 Å². The van der Waals surface area contributed by atoms with Gasteiger partial charge >= 0.3 is 0 Å². The van der Waals surface area contributed by atoms with E-state index in [2.05, 4.69) is 42.5 Å². The Morgan fingerprint density at radius 2 is 1.37 bits per heavy atom. The summed E-state index contributed by atoms with van der Waals surface area (Å²) < 4.78 is 0. The van der Waals surface area contributed by atoms with Crippen LogP contribution >= 0.6 is 0 Å². The molecule has 2 nitrogen and oxygen atoms in total. The Balaban J connectivity index is 0.00000267. The molecule has 35 heavy (non-hydrogen) atoms. The zero-order valence-corrected chi connectivity index (χ0v) is 20.2. The second-order valence-corrected chi connectivity index (χ2v) is 10.5. The van der Waals surface area contributed by atoms with Gasteiger partial charge in [0.1, 0.15) is 0 Å². The van der Waals surface area contributed by atoms with Gasteiger partial charge in [-0.15, -0.1) is 0 Å². The molecule has 1 atom stereocenters. The summed E-state index contributed by atoms with van der Waals surface area (Å²) in [7, 11) is 0. The van der Waals surface area contributed by atoms with E-state index in [9.17, 15) is 9.59 Å². The van der Waals surface area contributed by atoms with Crippen LogP contribution in [-0.2, 0) is 0 Å². The van der Waals surface area contributed by atoms with Crippen LogP contribution in [0.25, 0.3) is 11.1 Å². The zero-order chi connectivity index (χ0) is 23.8. The molecular formula is C33H34O2. The summed E-state index contributed by atoms with van der Waals surface area (Å²) in [6.45, 7) is 0. The maximum atomic E-state index is 13.9. The normalized spacial score (nSPS) is 20.4. The number of hydrogen-bond acceptors (Lipinski definition) is 2. The number of carbonyl (C=O) groups is 2. The molecule has 0 heterocycles. The van der Waals surface area contributed by atoms with Crippen molar-refractivity contribution in [1.29, 1.82) is 0 Å². The summed E-state index contributed by atoms with van der Waals surface area (Å²) in [5.41, 5.74) is 7.75. The Hall–Kier alpha value is -3.26. The van der Waals surface area contributed by atoms with Crippen LogP contribution in [0.2, 0.25) is 0 Å². The van der Waals surface area contributed by atoms with E-state index >= 15 is 0 Å². The quantitative estimate of drug-likeness (QED) is 0.345. The Bertz CT molecular complexity index is 1280. The van der Waals surface area contributed by atoms with Gasteiger partial charge in [-0.05, 0) is 71.9 Å². The third kappa shape index (κ3) is 4.31. The van der Waals surface area contributed by atoms with Crippen LogP contribution in [0.3, 0.4) is 0 Å². The van der Waals surface area contributed by atoms with Gasteiger partial charge in [-0.3, -0.25) is 9.59 Å². The van der Waals surface area contributed by atoms with Gasteiger partial charge in [-0.25, -0.2) is 0 Å². The molecule has 0 amide bonds. The van der Waals surface area contributed by atoms with E-state index in [1.165, 1.54) is 54.4 Å². The van der Waals surface area contributed by atoms with E-state index < -0.39 is 0 Å². The van der Waals surface area contributed by atoms with Gasteiger partial charge in [0.25, 0.3) is 0 Å². The van der Waals surface area contributed by atoms with Gasteiger partial charge in [-0.1, -0.05) is 92.1 Å². The number of allylic oxidation sites excluding steroid dienone is 2. The third-order valence-corrected chi connectivity index (χ3v) is 8.19. The van der Waals surface area contributed by atoms with Crippen LogP contribution in [0.4, 0.5) is 0 Å². The van der Waals surface area contributed by atoms with Crippen LogP contribution in [0, 0.1) is 11.8 Å². The average molecular weight is 463 g/mol. The Labute approximate surface area is 209 Å². The summed E-state index contributed by atoms with van der Waals surface area (Å²) in [6.07, 6.45) is 8.91. The van der Waals surface area contributed by atoms with E-state index in [-0.39, 0.29) is 24.8 Å². The minimum atomic E-state index is -0.276. The number of carbonyl (C=O) groups excluding carboxylic acids is 2. The zero-order valence-electron chi connectivity index (χ0n) is 20.2. The molecule has 3 aliphatic rings. The SMILES string of the molecule is O=C(c1ccc2c(c1)C(C(=O)c1ccccc1)CC(c1ccccc1)=C2C1CCCCC1)C1CC1.[HH]. The van der Waals surface area contributed by atoms with Crippen LogP contribution in [-0.4, -0.2) is 11.6 Å². The maximum absolute atomic E-state index is 13.9. The lowest BCUT2D eigenvalue weighted by Gasteiger charge is -2.35. The number of benzene rings is 3. The molecule has 3 aliphatic carbocycles. The van der Waals surface area contributed by atoms with Gasteiger partial charge in [0, 0.05) is 18.5 Å². The minimum Gasteiger partial charge on any atom is -0.294 e. The highest BCUT2D eigenvalue weighted by molar-refractivity contribution is 6.08. The second-order valence-electron chi connectivity index (χ2n) is 10.5. The molecule has 0 aliphatic heterocycles. The number of fused-ring (bicyclic) bond motifs is 1. The van der Waals surface area contributed by atoms with Crippen molar-refractivity contribution < 1.29 is 11.0 Å². The topological polar surface area (TPSA) is 34.1 Å². The second kappa shape index (κ2) is 9.41. The fraction of sp³-hybridized carbons (Fsp3) is 0.333. The lowest BCUT2D eigenvalue weighted by Crippen LogP contribution is -2.23. The van der Waals surface area contributed by atoms with E-state index in [0.717, 1.165) is 29.5 Å². The van der Waals surface area contributed by atoms with Crippen LogP contribution in [0.1, 0.15) is 96.1 Å². The third-order valence-electron chi connectivity index (χ3n) is 8.19. The number of hydrogen-bond donors (Lipinski definition) is 0. The molecule has 2 saturated carbocycles. The lowest BCUT2D eigenvalue weighted by molar-refractivity contribution is 0.0951. The largest absolute Gasteiger partial charge is 0.294 e. The molecule has 0 aromatic heterocycles. The first kappa shape index (κ1) is 22.2. The highest BCUT2D eigenvalue weighted by Crippen LogP contribution is 2.50. The van der Waals surface area contributed by atoms with Gasteiger partial charge in [0.15, 0.2) is 11.6 Å². The van der Waals surface area contributed by atoms with Crippen molar-refractivity contribution in [1.82, 2.24) is 0 Å². The molecule has 178 valence electrons. The number of rotatable bonds is 6. The Kier molecular flexibility index (Phi) is 5.98. The monoisotopic (exact) mass is 462 g/mol. The summed E-state index contributed by atoms with van der Waals surface area (Å²) in [5, 5.41) is 0. The average Bonchev–Trinajstić information content (AvgIpc) is 3.78. The molecule has 0 saturated heterocycles. The fourth-order valence-electron chi connectivity index (χ4n) is 6.23. The minimum absolute atomic E-state index is 0. The molecular weight excluding hydrogens is 428 g/mol. The van der Waals surface area contributed by atoms with E-state index in [4.69, 9.17) is 0 Å². The molecule has 2 heteroatoms. The van der Waals surface area contributed by atoms with Gasteiger partial charge in [0.2, 0.25) is 0 Å². The lowest BCUT2D eigenvalue weighted by atomic mass is 9.68. The first-order valence-electron chi connectivity index (χ1n) is 13.3. The number of ketones is 2. The van der Waals surface area contributed by atoms with E-state index in [1.807, 2.05) is 36.4 Å². The fourth-order valence-corrected chi connectivity index (χ4v) is 6.23. The molecule has 6 rings (SSSR count). The summed E-state index contributed by atoms with van der Waals surface area (Å²) >= 11 is 0. The van der Waals surface area contributed by atoms with Crippen molar-refractivity contribution in [3.05, 3.63) is 107 Å².